The van der Waals surface area contributed by atoms with Crippen LogP contribution in [0.4, 0.5) is 0 Å². The fraction of sp³-hybridized carbons (Fsp3) is 0.294. The SMILES string of the molecule is C[C@@H](NC(=O)Cn1c(=O)c2c(ncn2C)n(C)c1=O)c1ccc(Cl)cc1. The molecule has 9 heteroatoms. The number of amides is 1. The molecule has 3 aromatic rings. The van der Waals surface area contributed by atoms with Crippen LogP contribution in [0.3, 0.4) is 0 Å². The van der Waals surface area contributed by atoms with Crippen molar-refractivity contribution in [1.82, 2.24) is 24.0 Å². The lowest BCUT2D eigenvalue weighted by atomic mass is 10.1. The summed E-state index contributed by atoms with van der Waals surface area (Å²) in [6, 6.07) is 6.78. The molecule has 8 nitrogen and oxygen atoms in total. The van der Waals surface area contributed by atoms with Crippen molar-refractivity contribution in [1.29, 1.82) is 0 Å². The molecule has 0 radical (unpaired) electrons. The van der Waals surface area contributed by atoms with Gasteiger partial charge in [0.1, 0.15) is 6.54 Å². The van der Waals surface area contributed by atoms with Crippen LogP contribution < -0.4 is 16.6 Å². The first-order chi connectivity index (χ1) is 12.3. The van der Waals surface area contributed by atoms with Gasteiger partial charge in [-0.2, -0.15) is 0 Å². The topological polar surface area (TPSA) is 90.9 Å². The standard InChI is InChI=1S/C17H18ClN5O3/c1-10(11-4-6-12(18)7-5-11)20-13(24)8-23-16(25)14-15(19-9-21(14)2)22(3)17(23)26/h4-7,9-10H,8H2,1-3H3,(H,20,24)/t10-/m1/s1. The normalized spacial score (nSPS) is 12.3. The predicted octanol–water partition coefficient (Wildman–Crippen LogP) is 0.964. The Bertz CT molecular complexity index is 1090. The van der Waals surface area contributed by atoms with Crippen LogP contribution in [-0.2, 0) is 25.4 Å². The first-order valence-corrected chi connectivity index (χ1v) is 8.33. The molecule has 1 amide bonds. The lowest BCUT2D eigenvalue weighted by molar-refractivity contribution is -0.122. The van der Waals surface area contributed by atoms with Crippen LogP contribution in [0.15, 0.2) is 40.2 Å². The lowest BCUT2D eigenvalue weighted by Crippen LogP contribution is -2.43. The number of benzene rings is 1. The Labute approximate surface area is 153 Å². The van der Waals surface area contributed by atoms with Gasteiger partial charge in [-0.25, -0.2) is 14.3 Å². The highest BCUT2D eigenvalue weighted by atomic mass is 35.5. The van der Waals surface area contributed by atoms with Gasteiger partial charge >= 0.3 is 5.69 Å². The number of hydrogen-bond donors (Lipinski definition) is 1. The number of carbonyl (C=O) groups is 1. The van der Waals surface area contributed by atoms with Crippen LogP contribution in [0, 0.1) is 0 Å². The van der Waals surface area contributed by atoms with Crippen LogP contribution in [0.1, 0.15) is 18.5 Å². The molecule has 0 spiro atoms. The third kappa shape index (κ3) is 3.15. The minimum Gasteiger partial charge on any atom is -0.348 e. The zero-order chi connectivity index (χ0) is 19.0. The van der Waals surface area contributed by atoms with E-state index in [4.69, 9.17) is 11.6 Å². The van der Waals surface area contributed by atoms with Crippen molar-refractivity contribution >= 4 is 28.7 Å². The van der Waals surface area contributed by atoms with Crippen molar-refractivity contribution in [3.05, 3.63) is 62.0 Å². The molecule has 2 aromatic heterocycles. The van der Waals surface area contributed by atoms with Crippen molar-refractivity contribution in [2.24, 2.45) is 14.1 Å². The van der Waals surface area contributed by atoms with E-state index in [1.54, 1.807) is 31.3 Å². The zero-order valence-electron chi connectivity index (χ0n) is 14.6. The van der Waals surface area contributed by atoms with Crippen LogP contribution in [-0.4, -0.2) is 24.6 Å². The summed E-state index contributed by atoms with van der Waals surface area (Å²) >= 11 is 5.86. The van der Waals surface area contributed by atoms with E-state index in [1.807, 2.05) is 6.92 Å². The van der Waals surface area contributed by atoms with Gasteiger partial charge in [-0.15, -0.1) is 0 Å². The first kappa shape index (κ1) is 17.9. The van der Waals surface area contributed by atoms with Gasteiger partial charge in [0.15, 0.2) is 11.2 Å². The third-order valence-corrected chi connectivity index (χ3v) is 4.50. The van der Waals surface area contributed by atoms with Crippen molar-refractivity contribution < 1.29 is 4.79 Å². The minimum absolute atomic E-state index is 0.269. The van der Waals surface area contributed by atoms with E-state index in [0.29, 0.717) is 5.02 Å². The number of imidazole rings is 1. The van der Waals surface area contributed by atoms with E-state index in [0.717, 1.165) is 10.1 Å². The van der Waals surface area contributed by atoms with Gasteiger partial charge in [0.25, 0.3) is 5.56 Å². The number of nitrogens with zero attached hydrogens (tertiary/aromatic N) is 4. The van der Waals surface area contributed by atoms with Gasteiger partial charge in [-0.05, 0) is 24.6 Å². The van der Waals surface area contributed by atoms with E-state index >= 15 is 0 Å². The summed E-state index contributed by atoms with van der Waals surface area (Å²) in [5.41, 5.74) is 0.289. The Balaban J connectivity index is 1.88. The summed E-state index contributed by atoms with van der Waals surface area (Å²) in [6.45, 7) is 1.44. The number of hydrogen-bond acceptors (Lipinski definition) is 4. The van der Waals surface area contributed by atoms with Crippen LogP contribution in [0.2, 0.25) is 5.02 Å². The second-order valence-electron chi connectivity index (χ2n) is 6.10. The minimum atomic E-state index is -0.588. The van der Waals surface area contributed by atoms with Gasteiger partial charge in [-0.1, -0.05) is 23.7 Å². The number of carbonyl (C=O) groups excluding carboxylic acids is 1. The molecular formula is C17H18ClN5O3. The molecule has 1 N–H and O–H groups in total. The van der Waals surface area contributed by atoms with Gasteiger partial charge in [0.05, 0.1) is 12.4 Å². The van der Waals surface area contributed by atoms with Crippen molar-refractivity contribution in [2.45, 2.75) is 19.5 Å². The summed E-state index contributed by atoms with van der Waals surface area (Å²) in [4.78, 5) is 41.5. The van der Waals surface area contributed by atoms with Crippen molar-refractivity contribution in [3.63, 3.8) is 0 Å². The molecule has 0 fully saturated rings. The molecule has 1 atom stereocenters. The number of aryl methyl sites for hydroxylation is 2. The Morgan fingerprint density at radius 3 is 2.54 bits per heavy atom. The smallest absolute Gasteiger partial charge is 0.332 e. The monoisotopic (exact) mass is 375 g/mol. The maximum Gasteiger partial charge on any atom is 0.332 e. The van der Waals surface area contributed by atoms with Crippen LogP contribution in [0.25, 0.3) is 11.2 Å². The van der Waals surface area contributed by atoms with E-state index in [2.05, 4.69) is 10.3 Å². The largest absolute Gasteiger partial charge is 0.348 e. The molecule has 0 aliphatic heterocycles. The lowest BCUT2D eigenvalue weighted by Gasteiger charge is -2.15. The zero-order valence-corrected chi connectivity index (χ0v) is 15.3. The van der Waals surface area contributed by atoms with Crippen LogP contribution >= 0.6 is 11.6 Å². The summed E-state index contributed by atoms with van der Waals surface area (Å²) < 4.78 is 3.70. The average Bonchev–Trinajstić information content (AvgIpc) is 2.99. The molecular weight excluding hydrogens is 358 g/mol. The second kappa shape index (κ2) is 6.80. The van der Waals surface area contributed by atoms with Gasteiger partial charge in [-0.3, -0.25) is 14.2 Å². The van der Waals surface area contributed by atoms with Gasteiger partial charge in [0.2, 0.25) is 5.91 Å². The van der Waals surface area contributed by atoms with Gasteiger partial charge < -0.3 is 9.88 Å². The Kier molecular flexibility index (Phi) is 4.69. The maximum absolute atomic E-state index is 12.6. The predicted molar refractivity (Wildman–Crippen MR) is 98.2 cm³/mol. The number of halogens is 1. The van der Waals surface area contributed by atoms with E-state index < -0.39 is 17.2 Å². The van der Waals surface area contributed by atoms with Crippen molar-refractivity contribution in [3.8, 4) is 0 Å². The Morgan fingerprint density at radius 2 is 1.88 bits per heavy atom. The molecule has 1 aromatic carbocycles. The van der Waals surface area contributed by atoms with Crippen LogP contribution in [0.5, 0.6) is 0 Å². The Morgan fingerprint density at radius 1 is 1.23 bits per heavy atom. The third-order valence-electron chi connectivity index (χ3n) is 4.25. The molecule has 0 saturated carbocycles. The van der Waals surface area contributed by atoms with Crippen molar-refractivity contribution in [2.75, 3.05) is 0 Å². The van der Waals surface area contributed by atoms with Gasteiger partial charge in [0, 0.05) is 19.1 Å². The molecule has 26 heavy (non-hydrogen) atoms. The average molecular weight is 376 g/mol. The Hall–Kier alpha value is -2.87. The second-order valence-corrected chi connectivity index (χ2v) is 6.54. The summed E-state index contributed by atoms with van der Waals surface area (Å²) in [5.74, 6) is -0.437. The first-order valence-electron chi connectivity index (χ1n) is 7.95. The molecule has 136 valence electrons. The van der Waals surface area contributed by atoms with E-state index in [9.17, 15) is 14.4 Å². The fourth-order valence-corrected chi connectivity index (χ4v) is 2.93. The fourth-order valence-electron chi connectivity index (χ4n) is 2.80. The molecule has 0 unspecified atom stereocenters. The number of nitrogens with one attached hydrogen (secondary N) is 1. The molecule has 0 aliphatic rings. The summed E-state index contributed by atoms with van der Waals surface area (Å²) in [5, 5.41) is 3.39. The van der Waals surface area contributed by atoms with E-state index in [-0.39, 0.29) is 23.8 Å². The number of fused-ring (bicyclic) bond motifs is 1. The summed E-state index contributed by atoms with van der Waals surface area (Å²) in [6.07, 6.45) is 1.46. The molecule has 3 rings (SSSR count). The summed E-state index contributed by atoms with van der Waals surface area (Å²) in [7, 11) is 3.18. The molecule has 0 aliphatic carbocycles. The number of aromatic nitrogens is 4. The molecule has 0 saturated heterocycles. The maximum atomic E-state index is 12.6. The molecule has 2 heterocycles. The molecule has 0 bridgehead atoms. The quantitative estimate of drug-likeness (QED) is 0.735. The highest BCUT2D eigenvalue weighted by molar-refractivity contribution is 6.30. The van der Waals surface area contributed by atoms with E-state index in [1.165, 1.54) is 22.5 Å². The number of rotatable bonds is 4. The highest BCUT2D eigenvalue weighted by Gasteiger charge is 2.18. The highest BCUT2D eigenvalue weighted by Crippen LogP contribution is 2.15.